The fraction of sp³-hybridized carbons (Fsp3) is 0.174. The summed E-state index contributed by atoms with van der Waals surface area (Å²) in [6, 6.07) is 15.0. The molecule has 0 N–H and O–H groups in total. The minimum Gasteiger partial charge on any atom is -0.455 e. The quantitative estimate of drug-likeness (QED) is 0.361. The Morgan fingerprint density at radius 3 is 2.53 bits per heavy atom. The van der Waals surface area contributed by atoms with Crippen molar-refractivity contribution in [3.05, 3.63) is 86.8 Å². The average molecular weight is 468 g/mol. The van der Waals surface area contributed by atoms with Crippen LogP contribution in [-0.2, 0) is 5.41 Å². The Kier molecular flexibility index (Phi) is 5.15. The highest BCUT2D eigenvalue weighted by Gasteiger charge is 2.23. The summed E-state index contributed by atoms with van der Waals surface area (Å²) in [5.41, 5.74) is 0.713. The van der Waals surface area contributed by atoms with Crippen LogP contribution in [0, 0.1) is 5.82 Å². The molecular weight excluding hydrogens is 449 g/mol. The number of hydrogen-bond acceptors (Lipinski definition) is 4. The molecule has 2 aromatic carbocycles. The lowest BCUT2D eigenvalue weighted by molar-refractivity contribution is 0.505. The van der Waals surface area contributed by atoms with Crippen molar-refractivity contribution in [1.82, 2.24) is 9.66 Å². The van der Waals surface area contributed by atoms with Gasteiger partial charge in [-0.2, -0.15) is 9.78 Å². The van der Waals surface area contributed by atoms with Crippen molar-refractivity contribution < 1.29 is 8.81 Å². The number of aromatic nitrogens is 2. The molecule has 0 saturated heterocycles. The van der Waals surface area contributed by atoms with Gasteiger partial charge in [0.1, 0.15) is 23.2 Å². The standard InChI is InChI=1S/C23H19BrFN3O2/c1-23(2,3)22-27-19-10-6-15(24)12-18(19)21(29)28(22)26-13-17-9-11-20(30-17)14-4-7-16(25)8-5-14/h4-13H,1-3H3. The summed E-state index contributed by atoms with van der Waals surface area (Å²) in [6.45, 7) is 5.93. The van der Waals surface area contributed by atoms with Crippen LogP contribution in [0.4, 0.5) is 4.39 Å². The first-order valence-corrected chi connectivity index (χ1v) is 10.1. The van der Waals surface area contributed by atoms with Crippen molar-refractivity contribution >= 4 is 33.0 Å². The number of nitrogens with zero attached hydrogens (tertiary/aromatic N) is 3. The zero-order chi connectivity index (χ0) is 21.5. The fourth-order valence-corrected chi connectivity index (χ4v) is 3.41. The van der Waals surface area contributed by atoms with Gasteiger partial charge in [0.15, 0.2) is 0 Å². The van der Waals surface area contributed by atoms with Crippen molar-refractivity contribution in [1.29, 1.82) is 0 Å². The van der Waals surface area contributed by atoms with Crippen LogP contribution < -0.4 is 5.56 Å². The lowest BCUT2D eigenvalue weighted by Crippen LogP contribution is -2.29. The van der Waals surface area contributed by atoms with E-state index in [4.69, 9.17) is 4.42 Å². The first-order valence-electron chi connectivity index (χ1n) is 9.35. The maximum absolute atomic E-state index is 13.2. The van der Waals surface area contributed by atoms with Crippen LogP contribution in [0.3, 0.4) is 0 Å². The lowest BCUT2D eigenvalue weighted by Gasteiger charge is -2.20. The van der Waals surface area contributed by atoms with Crippen LogP contribution in [0.1, 0.15) is 32.4 Å². The highest BCUT2D eigenvalue weighted by Crippen LogP contribution is 2.24. The minimum absolute atomic E-state index is 0.257. The van der Waals surface area contributed by atoms with Crippen molar-refractivity contribution in [2.75, 3.05) is 0 Å². The maximum Gasteiger partial charge on any atom is 0.282 e. The summed E-state index contributed by atoms with van der Waals surface area (Å²) in [6.07, 6.45) is 1.48. The Morgan fingerprint density at radius 2 is 1.83 bits per heavy atom. The number of fused-ring (bicyclic) bond motifs is 1. The maximum atomic E-state index is 13.2. The molecule has 7 heteroatoms. The molecule has 2 heterocycles. The molecule has 0 spiro atoms. The molecule has 30 heavy (non-hydrogen) atoms. The second kappa shape index (κ2) is 7.65. The Bertz CT molecular complexity index is 1320. The smallest absolute Gasteiger partial charge is 0.282 e. The van der Waals surface area contributed by atoms with Crippen LogP contribution in [0.15, 0.2) is 73.4 Å². The van der Waals surface area contributed by atoms with E-state index in [1.54, 1.807) is 30.3 Å². The van der Waals surface area contributed by atoms with Crippen LogP contribution in [0.5, 0.6) is 0 Å². The molecule has 4 aromatic rings. The normalized spacial score (nSPS) is 12.2. The van der Waals surface area contributed by atoms with Crippen molar-refractivity contribution in [2.45, 2.75) is 26.2 Å². The van der Waals surface area contributed by atoms with E-state index in [9.17, 15) is 9.18 Å². The number of halogens is 2. The van der Waals surface area contributed by atoms with E-state index in [2.05, 4.69) is 26.0 Å². The minimum atomic E-state index is -0.403. The van der Waals surface area contributed by atoms with Crippen LogP contribution >= 0.6 is 15.9 Å². The third-order valence-corrected chi connectivity index (χ3v) is 5.03. The topological polar surface area (TPSA) is 60.4 Å². The van der Waals surface area contributed by atoms with Gasteiger partial charge in [-0.1, -0.05) is 36.7 Å². The zero-order valence-electron chi connectivity index (χ0n) is 16.7. The van der Waals surface area contributed by atoms with Crippen LogP contribution in [-0.4, -0.2) is 15.9 Å². The second-order valence-corrected chi connectivity index (χ2v) is 8.83. The van der Waals surface area contributed by atoms with E-state index in [1.165, 1.54) is 23.0 Å². The summed E-state index contributed by atoms with van der Waals surface area (Å²) in [5, 5.41) is 4.86. The van der Waals surface area contributed by atoms with E-state index in [1.807, 2.05) is 32.9 Å². The second-order valence-electron chi connectivity index (χ2n) is 7.92. The van der Waals surface area contributed by atoms with Gasteiger partial charge in [-0.3, -0.25) is 4.79 Å². The highest BCUT2D eigenvalue weighted by molar-refractivity contribution is 9.10. The molecule has 0 fully saturated rings. The number of benzene rings is 2. The number of hydrogen-bond donors (Lipinski definition) is 0. The first kappa shape index (κ1) is 20.2. The molecular formula is C23H19BrFN3O2. The van der Waals surface area contributed by atoms with Crippen LogP contribution in [0.25, 0.3) is 22.2 Å². The molecule has 0 unspecified atom stereocenters. The Balaban J connectivity index is 1.78. The molecule has 0 radical (unpaired) electrons. The molecule has 0 aliphatic carbocycles. The summed E-state index contributed by atoms with van der Waals surface area (Å²) >= 11 is 3.40. The molecule has 0 aliphatic rings. The third-order valence-electron chi connectivity index (χ3n) is 4.54. The lowest BCUT2D eigenvalue weighted by atomic mass is 9.95. The van der Waals surface area contributed by atoms with E-state index < -0.39 is 5.41 Å². The zero-order valence-corrected chi connectivity index (χ0v) is 18.3. The molecule has 152 valence electrons. The monoisotopic (exact) mass is 467 g/mol. The third kappa shape index (κ3) is 3.98. The first-order chi connectivity index (χ1) is 14.2. The van der Waals surface area contributed by atoms with Gasteiger partial charge in [0, 0.05) is 15.5 Å². The largest absolute Gasteiger partial charge is 0.455 e. The molecule has 0 bridgehead atoms. The highest BCUT2D eigenvalue weighted by atomic mass is 79.9. The van der Waals surface area contributed by atoms with Gasteiger partial charge in [0.25, 0.3) is 5.56 Å². The predicted molar refractivity (Wildman–Crippen MR) is 119 cm³/mol. The Hall–Kier alpha value is -3.06. The van der Waals surface area contributed by atoms with Crippen molar-refractivity contribution in [2.24, 2.45) is 5.10 Å². The SMILES string of the molecule is CC(C)(C)c1nc2ccc(Br)cc2c(=O)n1N=Cc1ccc(-c2ccc(F)cc2)o1. The van der Waals surface area contributed by atoms with Gasteiger partial charge in [-0.15, -0.1) is 0 Å². The van der Waals surface area contributed by atoms with E-state index >= 15 is 0 Å². The number of rotatable bonds is 3. The van der Waals surface area contributed by atoms with Gasteiger partial charge in [-0.25, -0.2) is 9.37 Å². The van der Waals surface area contributed by atoms with Crippen molar-refractivity contribution in [3.63, 3.8) is 0 Å². The summed E-state index contributed by atoms with van der Waals surface area (Å²) < 4.78 is 21.0. The Morgan fingerprint density at radius 1 is 1.10 bits per heavy atom. The van der Waals surface area contributed by atoms with Crippen LogP contribution in [0.2, 0.25) is 0 Å². The predicted octanol–water partition coefficient (Wildman–Crippen LogP) is 5.74. The Labute approximate surface area is 181 Å². The van der Waals surface area contributed by atoms with Gasteiger partial charge in [0.2, 0.25) is 0 Å². The van der Waals surface area contributed by atoms with Crippen molar-refractivity contribution in [3.8, 4) is 11.3 Å². The molecule has 0 saturated carbocycles. The number of furan rings is 1. The van der Waals surface area contributed by atoms with Gasteiger partial charge >= 0.3 is 0 Å². The molecule has 2 aromatic heterocycles. The molecule has 4 rings (SSSR count). The van der Waals surface area contributed by atoms with Gasteiger partial charge < -0.3 is 4.42 Å². The summed E-state index contributed by atoms with van der Waals surface area (Å²) in [4.78, 5) is 17.8. The fourth-order valence-electron chi connectivity index (χ4n) is 3.05. The molecule has 0 amide bonds. The average Bonchev–Trinajstić information content (AvgIpc) is 3.16. The molecule has 0 aliphatic heterocycles. The van der Waals surface area contributed by atoms with Gasteiger partial charge in [-0.05, 0) is 54.6 Å². The molecule has 5 nitrogen and oxygen atoms in total. The van der Waals surface area contributed by atoms with E-state index in [0.717, 1.165) is 10.0 Å². The van der Waals surface area contributed by atoms with E-state index in [0.29, 0.717) is 28.2 Å². The summed E-state index contributed by atoms with van der Waals surface area (Å²) in [7, 11) is 0. The summed E-state index contributed by atoms with van der Waals surface area (Å²) in [5.74, 6) is 1.29. The van der Waals surface area contributed by atoms with E-state index in [-0.39, 0.29) is 11.4 Å². The molecule has 0 atom stereocenters. The van der Waals surface area contributed by atoms with Gasteiger partial charge in [0.05, 0.1) is 17.1 Å².